The lowest BCUT2D eigenvalue weighted by molar-refractivity contribution is 0.0730. The van der Waals surface area contributed by atoms with E-state index in [1.54, 1.807) is 24.3 Å². The first-order chi connectivity index (χ1) is 9.24. The number of aromatic amines is 1. The van der Waals surface area contributed by atoms with Crippen molar-refractivity contribution in [3.05, 3.63) is 42.2 Å². The minimum atomic E-state index is -0.519. The van der Waals surface area contributed by atoms with Crippen LogP contribution >= 0.6 is 0 Å². The molecule has 0 aliphatic heterocycles. The molecule has 0 aliphatic rings. The summed E-state index contributed by atoms with van der Waals surface area (Å²) in [5.41, 5.74) is 6.73. The number of nitrogens with one attached hydrogen (secondary N) is 1. The van der Waals surface area contributed by atoms with Crippen LogP contribution in [0.5, 0.6) is 5.88 Å². The van der Waals surface area contributed by atoms with Crippen molar-refractivity contribution < 1.29 is 9.53 Å². The van der Waals surface area contributed by atoms with Crippen LogP contribution in [-0.4, -0.2) is 25.9 Å². The van der Waals surface area contributed by atoms with Crippen molar-refractivity contribution in [2.45, 2.75) is 0 Å². The number of hydrogen-bond donors (Lipinski definition) is 2. The molecular weight excluding hydrogens is 246 g/mol. The van der Waals surface area contributed by atoms with Crippen molar-refractivity contribution in [3.63, 3.8) is 0 Å². The third kappa shape index (κ3) is 2.08. The van der Waals surface area contributed by atoms with Crippen LogP contribution in [0, 0.1) is 0 Å². The van der Waals surface area contributed by atoms with E-state index in [1.165, 1.54) is 6.33 Å². The number of aromatic nitrogens is 4. The van der Waals surface area contributed by atoms with E-state index in [2.05, 4.69) is 19.9 Å². The van der Waals surface area contributed by atoms with E-state index in [-0.39, 0.29) is 11.8 Å². The van der Waals surface area contributed by atoms with Gasteiger partial charge in [-0.05, 0) is 12.1 Å². The number of nitrogen functional groups attached to an aromatic ring is 1. The van der Waals surface area contributed by atoms with Crippen LogP contribution in [0.25, 0.3) is 11.2 Å². The van der Waals surface area contributed by atoms with E-state index in [0.29, 0.717) is 16.7 Å². The van der Waals surface area contributed by atoms with Crippen molar-refractivity contribution in [2.75, 3.05) is 5.73 Å². The number of carbonyl (C=O) groups is 1. The van der Waals surface area contributed by atoms with Crippen LogP contribution in [0.4, 0.5) is 5.95 Å². The van der Waals surface area contributed by atoms with E-state index < -0.39 is 5.97 Å². The SMILES string of the molecule is Nc1nc(OC(=O)c2ccccc2)c2[nH]cnc2n1. The van der Waals surface area contributed by atoms with E-state index in [4.69, 9.17) is 10.5 Å². The number of H-pyrrole nitrogens is 1. The highest BCUT2D eigenvalue weighted by Gasteiger charge is 2.14. The second-order valence-corrected chi connectivity index (χ2v) is 3.74. The molecule has 3 N–H and O–H groups in total. The summed E-state index contributed by atoms with van der Waals surface area (Å²) in [5, 5.41) is 0. The molecule has 0 saturated carbocycles. The van der Waals surface area contributed by atoms with E-state index in [9.17, 15) is 4.79 Å². The molecule has 0 fully saturated rings. The molecule has 94 valence electrons. The number of imidazole rings is 1. The van der Waals surface area contributed by atoms with Crippen LogP contribution in [0.3, 0.4) is 0 Å². The van der Waals surface area contributed by atoms with Crippen LogP contribution < -0.4 is 10.5 Å². The van der Waals surface area contributed by atoms with Crippen molar-refractivity contribution in [1.82, 2.24) is 19.9 Å². The maximum absolute atomic E-state index is 11.9. The number of nitrogens with zero attached hydrogens (tertiary/aromatic N) is 3. The van der Waals surface area contributed by atoms with Gasteiger partial charge in [-0.2, -0.15) is 9.97 Å². The number of ether oxygens (including phenoxy) is 1. The van der Waals surface area contributed by atoms with Gasteiger partial charge in [0.1, 0.15) is 5.52 Å². The lowest BCUT2D eigenvalue weighted by Crippen LogP contribution is -2.10. The number of fused-ring (bicyclic) bond motifs is 1. The Bertz CT molecular complexity index is 738. The topological polar surface area (TPSA) is 107 Å². The fourth-order valence-electron chi connectivity index (χ4n) is 1.62. The van der Waals surface area contributed by atoms with Gasteiger partial charge in [0.15, 0.2) is 5.65 Å². The van der Waals surface area contributed by atoms with Gasteiger partial charge in [0.25, 0.3) is 5.88 Å². The highest BCUT2D eigenvalue weighted by Crippen LogP contribution is 2.20. The third-order valence-electron chi connectivity index (χ3n) is 2.47. The lowest BCUT2D eigenvalue weighted by atomic mass is 10.2. The number of esters is 1. The van der Waals surface area contributed by atoms with Crippen LogP contribution in [0.15, 0.2) is 36.7 Å². The molecule has 3 aromatic rings. The number of carbonyl (C=O) groups excluding carboxylic acids is 1. The monoisotopic (exact) mass is 255 g/mol. The Kier molecular flexibility index (Phi) is 2.57. The predicted molar refractivity (Wildman–Crippen MR) is 67.5 cm³/mol. The van der Waals surface area contributed by atoms with Gasteiger partial charge < -0.3 is 15.5 Å². The fraction of sp³-hybridized carbons (Fsp3) is 0. The fourth-order valence-corrected chi connectivity index (χ4v) is 1.62. The average Bonchev–Trinajstić information content (AvgIpc) is 2.88. The molecule has 0 unspecified atom stereocenters. The van der Waals surface area contributed by atoms with Gasteiger partial charge in [0.05, 0.1) is 11.9 Å². The summed E-state index contributed by atoms with van der Waals surface area (Å²) in [6, 6.07) is 8.61. The van der Waals surface area contributed by atoms with Crippen LogP contribution in [0.1, 0.15) is 10.4 Å². The normalized spacial score (nSPS) is 10.5. The van der Waals surface area contributed by atoms with Crippen molar-refractivity contribution in [1.29, 1.82) is 0 Å². The summed E-state index contributed by atoms with van der Waals surface area (Å²) in [7, 11) is 0. The Morgan fingerprint density at radius 1 is 1.21 bits per heavy atom. The zero-order valence-corrected chi connectivity index (χ0v) is 9.70. The summed E-state index contributed by atoms with van der Waals surface area (Å²) < 4.78 is 5.21. The van der Waals surface area contributed by atoms with E-state index in [0.717, 1.165) is 0 Å². The Hall–Kier alpha value is -2.96. The van der Waals surface area contributed by atoms with Crippen molar-refractivity contribution >= 4 is 23.1 Å². The smallest absolute Gasteiger partial charge is 0.344 e. The van der Waals surface area contributed by atoms with Crippen LogP contribution in [-0.2, 0) is 0 Å². The molecule has 0 saturated heterocycles. The molecule has 0 amide bonds. The Balaban J connectivity index is 1.97. The largest absolute Gasteiger partial charge is 0.401 e. The summed E-state index contributed by atoms with van der Waals surface area (Å²) in [5.74, 6) is -0.459. The molecule has 0 radical (unpaired) electrons. The first-order valence-corrected chi connectivity index (χ1v) is 5.48. The van der Waals surface area contributed by atoms with Gasteiger partial charge in [0.2, 0.25) is 5.95 Å². The molecule has 3 rings (SSSR count). The maximum atomic E-state index is 11.9. The molecule has 7 nitrogen and oxygen atoms in total. The van der Waals surface area contributed by atoms with Gasteiger partial charge in [-0.25, -0.2) is 9.78 Å². The quantitative estimate of drug-likeness (QED) is 0.665. The molecule has 0 atom stereocenters. The summed E-state index contributed by atoms with van der Waals surface area (Å²) in [4.78, 5) is 26.5. The minimum absolute atomic E-state index is 0.00420. The molecule has 2 aromatic heterocycles. The Morgan fingerprint density at radius 2 is 2.00 bits per heavy atom. The van der Waals surface area contributed by atoms with Gasteiger partial charge in [0, 0.05) is 0 Å². The minimum Gasteiger partial charge on any atom is -0.401 e. The molecule has 0 aliphatic carbocycles. The maximum Gasteiger partial charge on any atom is 0.344 e. The highest BCUT2D eigenvalue weighted by atomic mass is 16.5. The molecule has 7 heteroatoms. The van der Waals surface area contributed by atoms with Crippen molar-refractivity contribution in [2.24, 2.45) is 0 Å². The number of nitrogens with two attached hydrogens (primary N) is 1. The number of rotatable bonds is 2. The number of anilines is 1. The molecule has 0 bridgehead atoms. The predicted octanol–water partition coefficient (Wildman–Crippen LogP) is 1.15. The first-order valence-electron chi connectivity index (χ1n) is 5.48. The molecule has 0 spiro atoms. The van der Waals surface area contributed by atoms with Crippen LogP contribution in [0.2, 0.25) is 0 Å². The zero-order chi connectivity index (χ0) is 13.2. The average molecular weight is 255 g/mol. The van der Waals surface area contributed by atoms with Gasteiger partial charge in [-0.15, -0.1) is 0 Å². The standard InChI is InChI=1S/C12H9N5O2/c13-12-16-9-8(14-6-15-9)10(17-12)19-11(18)7-4-2-1-3-5-7/h1-6H,(H3,13,14,15,16,17). The Labute approximate surface area is 107 Å². The highest BCUT2D eigenvalue weighted by molar-refractivity contribution is 5.92. The Morgan fingerprint density at radius 3 is 2.79 bits per heavy atom. The molecule has 19 heavy (non-hydrogen) atoms. The van der Waals surface area contributed by atoms with Gasteiger partial charge in [-0.3, -0.25) is 0 Å². The first kappa shape index (κ1) is 11.1. The van der Waals surface area contributed by atoms with E-state index in [1.807, 2.05) is 6.07 Å². The zero-order valence-electron chi connectivity index (χ0n) is 9.70. The second-order valence-electron chi connectivity index (χ2n) is 3.74. The lowest BCUT2D eigenvalue weighted by Gasteiger charge is -2.04. The van der Waals surface area contributed by atoms with Gasteiger partial charge in [-0.1, -0.05) is 18.2 Å². The summed E-state index contributed by atoms with van der Waals surface area (Å²) in [6.07, 6.45) is 1.43. The summed E-state index contributed by atoms with van der Waals surface area (Å²) in [6.45, 7) is 0. The molecular formula is C12H9N5O2. The number of benzene rings is 1. The molecule has 2 heterocycles. The van der Waals surface area contributed by atoms with E-state index >= 15 is 0 Å². The van der Waals surface area contributed by atoms with Gasteiger partial charge >= 0.3 is 5.97 Å². The van der Waals surface area contributed by atoms with Crippen molar-refractivity contribution in [3.8, 4) is 5.88 Å². The second kappa shape index (κ2) is 4.37. The third-order valence-corrected chi connectivity index (χ3v) is 2.47. The molecule has 1 aromatic carbocycles. The summed E-state index contributed by atoms with van der Waals surface area (Å²) >= 11 is 0. The number of hydrogen-bond acceptors (Lipinski definition) is 6.